The number of aliphatic hydroxyl groups excluding tert-OH is 1. The second-order valence-electron chi connectivity index (χ2n) is 4.91. The van der Waals surface area contributed by atoms with Crippen LogP contribution in [0, 0.1) is 0 Å². The zero-order valence-electron chi connectivity index (χ0n) is 11.1. The van der Waals surface area contributed by atoms with E-state index in [1.54, 1.807) is 0 Å². The van der Waals surface area contributed by atoms with Gasteiger partial charge in [-0.25, -0.2) is 0 Å². The third-order valence-electron chi connectivity index (χ3n) is 2.85. The molecule has 0 bridgehead atoms. The molecule has 1 fully saturated rings. The summed E-state index contributed by atoms with van der Waals surface area (Å²) >= 11 is 4.63. The van der Waals surface area contributed by atoms with Gasteiger partial charge in [0.2, 0.25) is 0 Å². The molecule has 2 unspecified atom stereocenters. The molecule has 0 aromatic rings. The molecule has 1 aliphatic rings. The first kappa shape index (κ1) is 15.8. The maximum absolute atomic E-state index is 12.0. The average molecular weight is 288 g/mol. The Balaban J connectivity index is 2.62. The third-order valence-corrected chi connectivity index (χ3v) is 2.99. The molecular weight excluding hydrogens is 268 g/mol. The van der Waals surface area contributed by atoms with Crippen molar-refractivity contribution in [2.24, 2.45) is 5.73 Å². The fourth-order valence-electron chi connectivity index (χ4n) is 2.11. The number of likely N-dealkylation sites (tertiary alicyclic amines) is 1. The van der Waals surface area contributed by atoms with Crippen molar-refractivity contribution in [3.8, 4) is 0 Å². The Morgan fingerprint density at radius 3 is 2.68 bits per heavy atom. The Morgan fingerprint density at radius 1 is 1.53 bits per heavy atom. The Bertz CT molecular complexity index is 375. The van der Waals surface area contributed by atoms with Gasteiger partial charge in [0.1, 0.15) is 0 Å². The molecule has 0 aliphatic carbocycles. The van der Waals surface area contributed by atoms with Crippen molar-refractivity contribution in [2.45, 2.75) is 18.6 Å². The van der Waals surface area contributed by atoms with Crippen molar-refractivity contribution in [1.29, 1.82) is 0 Å². The van der Waals surface area contributed by atoms with Gasteiger partial charge in [-0.1, -0.05) is 12.2 Å². The van der Waals surface area contributed by atoms with Crippen LogP contribution in [0.2, 0.25) is 0 Å². The third kappa shape index (κ3) is 4.73. The predicted octanol–water partition coefficient (Wildman–Crippen LogP) is -2.09. The number of β-amino-alcohol motifs (C(OH)–C–C–N with tert-alkyl or cyclic N) is 1. The van der Waals surface area contributed by atoms with E-state index in [-0.39, 0.29) is 24.1 Å². The molecule has 2 amide bonds. The minimum atomic E-state index is -0.745. The van der Waals surface area contributed by atoms with Crippen molar-refractivity contribution < 1.29 is 14.7 Å². The summed E-state index contributed by atoms with van der Waals surface area (Å²) in [7, 11) is 3.75. The quantitative estimate of drug-likeness (QED) is 0.405. The smallest absolute Gasteiger partial charge is 0.312 e. The average Bonchev–Trinajstić information content (AvgIpc) is 2.65. The number of nitrogens with two attached hydrogens (primary N) is 1. The maximum Gasteiger partial charge on any atom is 0.312 e. The number of hydrogen-bond donors (Lipinski definition) is 3. The van der Waals surface area contributed by atoms with Gasteiger partial charge in [0, 0.05) is 19.1 Å². The molecule has 0 aromatic heterocycles. The topological polar surface area (TPSA) is 98.9 Å². The summed E-state index contributed by atoms with van der Waals surface area (Å²) in [6, 6.07) is -0.159. The zero-order valence-corrected chi connectivity index (χ0v) is 11.9. The van der Waals surface area contributed by atoms with Crippen molar-refractivity contribution in [3.05, 3.63) is 0 Å². The van der Waals surface area contributed by atoms with E-state index in [0.29, 0.717) is 13.0 Å². The van der Waals surface area contributed by atoms with Crippen molar-refractivity contribution in [2.75, 3.05) is 33.7 Å². The largest absolute Gasteiger partial charge is 0.392 e. The van der Waals surface area contributed by atoms with Crippen LogP contribution in [0.3, 0.4) is 0 Å². The van der Waals surface area contributed by atoms with Gasteiger partial charge in [-0.15, -0.1) is 0 Å². The van der Waals surface area contributed by atoms with E-state index in [1.165, 1.54) is 4.90 Å². The molecule has 4 N–H and O–H groups in total. The predicted molar refractivity (Wildman–Crippen MR) is 74.5 cm³/mol. The van der Waals surface area contributed by atoms with Gasteiger partial charge in [-0.3, -0.25) is 9.59 Å². The second-order valence-corrected chi connectivity index (χ2v) is 5.44. The molecule has 0 spiro atoms. The maximum atomic E-state index is 12.0. The molecule has 108 valence electrons. The van der Waals surface area contributed by atoms with Gasteiger partial charge in [0.05, 0.1) is 17.6 Å². The summed E-state index contributed by atoms with van der Waals surface area (Å²) in [6.07, 6.45) is -0.107. The molecule has 1 saturated heterocycles. The van der Waals surface area contributed by atoms with Gasteiger partial charge in [-0.05, 0) is 20.5 Å². The number of likely N-dealkylation sites (N-methyl/N-ethyl adjacent to an activating group) is 1. The van der Waals surface area contributed by atoms with Crippen LogP contribution in [0.25, 0.3) is 0 Å². The fourth-order valence-corrected chi connectivity index (χ4v) is 2.18. The molecule has 7 nitrogen and oxygen atoms in total. The summed E-state index contributed by atoms with van der Waals surface area (Å²) in [5.41, 5.74) is 5.25. The summed E-state index contributed by atoms with van der Waals surface area (Å²) in [6.45, 7) is 0.776. The van der Waals surface area contributed by atoms with Crippen LogP contribution in [0.1, 0.15) is 6.42 Å². The highest BCUT2D eigenvalue weighted by Crippen LogP contribution is 2.18. The van der Waals surface area contributed by atoms with Gasteiger partial charge in [0.15, 0.2) is 0 Å². The minimum Gasteiger partial charge on any atom is -0.392 e. The molecule has 1 aliphatic heterocycles. The summed E-state index contributed by atoms with van der Waals surface area (Å²) in [5.74, 6) is -1.40. The van der Waals surface area contributed by atoms with Crippen molar-refractivity contribution in [3.63, 3.8) is 0 Å². The fraction of sp³-hybridized carbons (Fsp3) is 0.727. The minimum absolute atomic E-state index is 0.00531. The Kier molecular flexibility index (Phi) is 5.64. The number of carbonyl (C=O) groups is 2. The van der Waals surface area contributed by atoms with E-state index in [2.05, 4.69) is 17.5 Å². The van der Waals surface area contributed by atoms with E-state index < -0.39 is 17.9 Å². The SMILES string of the molecule is CN(C)CC1CC(O)CN1C(=O)C(=O)NCC(N)=S. The number of hydrogen-bond acceptors (Lipinski definition) is 5. The molecule has 8 heteroatoms. The monoisotopic (exact) mass is 288 g/mol. The van der Waals surface area contributed by atoms with Crippen molar-refractivity contribution in [1.82, 2.24) is 15.1 Å². The summed E-state index contributed by atoms with van der Waals surface area (Å²) in [5, 5.41) is 12.0. The molecule has 1 heterocycles. The molecule has 0 radical (unpaired) electrons. The number of carbonyl (C=O) groups excluding carboxylic acids is 2. The van der Waals surface area contributed by atoms with Gasteiger partial charge in [0.25, 0.3) is 0 Å². The van der Waals surface area contributed by atoms with Gasteiger partial charge < -0.3 is 26.0 Å². The number of rotatable bonds is 4. The van der Waals surface area contributed by atoms with Gasteiger partial charge in [-0.2, -0.15) is 0 Å². The van der Waals surface area contributed by atoms with Crippen LogP contribution >= 0.6 is 12.2 Å². The lowest BCUT2D eigenvalue weighted by molar-refractivity contribution is -0.146. The van der Waals surface area contributed by atoms with Crippen LogP contribution < -0.4 is 11.1 Å². The molecule has 1 rings (SSSR count). The zero-order chi connectivity index (χ0) is 14.6. The first-order valence-electron chi connectivity index (χ1n) is 6.01. The normalized spacial score (nSPS) is 22.6. The first-order chi connectivity index (χ1) is 8.81. The molecule has 0 aromatic carbocycles. The van der Waals surface area contributed by atoms with Crippen molar-refractivity contribution >= 4 is 29.0 Å². The summed E-state index contributed by atoms with van der Waals surface area (Å²) < 4.78 is 0. The highest BCUT2D eigenvalue weighted by atomic mass is 32.1. The van der Waals surface area contributed by atoms with Crippen LogP contribution in [0.15, 0.2) is 0 Å². The van der Waals surface area contributed by atoms with Crippen LogP contribution in [0.5, 0.6) is 0 Å². The molecule has 0 saturated carbocycles. The molecule has 19 heavy (non-hydrogen) atoms. The number of nitrogens with one attached hydrogen (secondary N) is 1. The van der Waals surface area contributed by atoms with E-state index in [1.807, 2.05) is 19.0 Å². The number of aliphatic hydroxyl groups is 1. The standard InChI is InChI=1S/C11H20N4O3S/c1-14(2)5-7-3-8(16)6-15(7)11(18)10(17)13-4-9(12)19/h7-8,16H,3-6H2,1-2H3,(H2,12,19)(H,13,17). The highest BCUT2D eigenvalue weighted by molar-refractivity contribution is 7.80. The Hall–Kier alpha value is -1.25. The van der Waals surface area contributed by atoms with Crippen LogP contribution in [-0.2, 0) is 9.59 Å². The second kappa shape index (κ2) is 6.78. The van der Waals surface area contributed by atoms with E-state index >= 15 is 0 Å². The molecular formula is C11H20N4O3S. The summed E-state index contributed by atoms with van der Waals surface area (Å²) in [4.78, 5) is 27.1. The van der Waals surface area contributed by atoms with Crippen LogP contribution in [0.4, 0.5) is 0 Å². The number of amides is 2. The number of thiocarbonyl (C=S) groups is 1. The van der Waals surface area contributed by atoms with Crippen LogP contribution in [-0.4, -0.2) is 77.6 Å². The highest BCUT2D eigenvalue weighted by Gasteiger charge is 2.37. The first-order valence-corrected chi connectivity index (χ1v) is 6.42. The lowest BCUT2D eigenvalue weighted by atomic mass is 10.2. The lowest BCUT2D eigenvalue weighted by Crippen LogP contribution is -2.49. The van der Waals surface area contributed by atoms with E-state index in [0.717, 1.165) is 0 Å². The lowest BCUT2D eigenvalue weighted by Gasteiger charge is -2.26. The Labute approximate surface area is 117 Å². The van der Waals surface area contributed by atoms with E-state index in [9.17, 15) is 14.7 Å². The number of nitrogens with zero attached hydrogens (tertiary/aromatic N) is 2. The van der Waals surface area contributed by atoms with E-state index in [4.69, 9.17) is 5.73 Å². The molecule has 2 atom stereocenters. The van der Waals surface area contributed by atoms with Gasteiger partial charge >= 0.3 is 11.8 Å². The Morgan fingerprint density at radius 2 is 2.16 bits per heavy atom.